The summed E-state index contributed by atoms with van der Waals surface area (Å²) in [5, 5.41) is 10.3. The highest BCUT2D eigenvalue weighted by Gasteiger charge is 2.18. The number of halogens is 1. The summed E-state index contributed by atoms with van der Waals surface area (Å²) in [4.78, 5) is 13.9. The number of ketones is 1. The van der Waals surface area contributed by atoms with Crippen LogP contribution in [0.1, 0.15) is 34.8 Å². The Morgan fingerprint density at radius 1 is 1.15 bits per heavy atom. The lowest BCUT2D eigenvalue weighted by Crippen LogP contribution is -3.00. The molecule has 1 unspecified atom stereocenters. The number of rotatable bonds is 7. The van der Waals surface area contributed by atoms with Gasteiger partial charge in [-0.1, -0.05) is 31.2 Å². The van der Waals surface area contributed by atoms with E-state index >= 15 is 0 Å². The fourth-order valence-corrected chi connectivity index (χ4v) is 3.19. The molecule has 1 aliphatic rings. The Morgan fingerprint density at radius 2 is 1.85 bits per heavy atom. The highest BCUT2D eigenvalue weighted by atomic mass is 35.5. The van der Waals surface area contributed by atoms with Crippen LogP contribution in [0.5, 0.6) is 5.75 Å². The molecular formula is C21H25ClNO3-. The monoisotopic (exact) mass is 374 g/mol. The molecule has 0 saturated carbocycles. The smallest absolute Gasteiger partial charge is 0.162 e. The summed E-state index contributed by atoms with van der Waals surface area (Å²) >= 11 is 0. The van der Waals surface area contributed by atoms with Crippen LogP contribution in [0.15, 0.2) is 48.5 Å². The summed E-state index contributed by atoms with van der Waals surface area (Å²) in [5.41, 5.74) is 3.45. The van der Waals surface area contributed by atoms with Gasteiger partial charge in [-0.2, -0.15) is 0 Å². The third-order valence-electron chi connectivity index (χ3n) is 4.62. The van der Waals surface area contributed by atoms with E-state index in [-0.39, 0.29) is 24.8 Å². The second kappa shape index (κ2) is 9.72. The Kier molecular flexibility index (Phi) is 7.64. The van der Waals surface area contributed by atoms with Crippen molar-refractivity contribution in [2.45, 2.75) is 32.4 Å². The van der Waals surface area contributed by atoms with E-state index in [0.717, 1.165) is 19.5 Å². The normalized spacial score (nSPS) is 14.8. The zero-order chi connectivity index (χ0) is 17.6. The quantitative estimate of drug-likeness (QED) is 0.697. The van der Waals surface area contributed by atoms with E-state index in [1.165, 1.54) is 11.1 Å². The van der Waals surface area contributed by atoms with Gasteiger partial charge in [-0.05, 0) is 41.8 Å². The largest absolute Gasteiger partial charge is 1.00 e. The van der Waals surface area contributed by atoms with Gasteiger partial charge in [0.1, 0.15) is 18.5 Å². The number of benzene rings is 2. The standard InChI is InChI=1S/C21H25NO3.ClH/c1-2-21(24)17-7-9-20(10-8-17)25-15-19(23)14-22-12-11-16-5-3-4-6-18(16)13-22;/h3-10,19,23H,2,11-15H2,1H3;1H/p-1. The van der Waals surface area contributed by atoms with Crippen LogP contribution in [0.2, 0.25) is 0 Å². The number of aliphatic hydroxyl groups is 1. The molecule has 2 aromatic carbocycles. The first-order valence-corrected chi connectivity index (χ1v) is 8.89. The van der Waals surface area contributed by atoms with Crippen molar-refractivity contribution >= 4 is 5.78 Å². The lowest BCUT2D eigenvalue weighted by molar-refractivity contribution is -0.0000153. The number of fused-ring (bicyclic) bond motifs is 1. The van der Waals surface area contributed by atoms with Gasteiger partial charge in [0.2, 0.25) is 0 Å². The van der Waals surface area contributed by atoms with Crippen molar-refractivity contribution in [3.05, 3.63) is 65.2 Å². The van der Waals surface area contributed by atoms with E-state index in [0.29, 0.717) is 24.3 Å². The number of hydrogen-bond donors (Lipinski definition) is 1. The zero-order valence-electron chi connectivity index (χ0n) is 15.0. The summed E-state index contributed by atoms with van der Waals surface area (Å²) in [5.74, 6) is 0.799. The van der Waals surface area contributed by atoms with Gasteiger partial charge in [0.15, 0.2) is 5.78 Å². The highest BCUT2D eigenvalue weighted by molar-refractivity contribution is 5.95. The van der Waals surface area contributed by atoms with Crippen LogP contribution in [0.4, 0.5) is 0 Å². The molecule has 0 saturated heterocycles. The Hall–Kier alpha value is -1.88. The van der Waals surface area contributed by atoms with Gasteiger partial charge in [0.05, 0.1) is 0 Å². The molecule has 0 fully saturated rings. The fourth-order valence-electron chi connectivity index (χ4n) is 3.19. The van der Waals surface area contributed by atoms with Crippen molar-refractivity contribution in [2.75, 3.05) is 19.7 Å². The van der Waals surface area contributed by atoms with Crippen LogP contribution < -0.4 is 17.1 Å². The average Bonchev–Trinajstić information content (AvgIpc) is 2.66. The van der Waals surface area contributed by atoms with Gasteiger partial charge in [-0.3, -0.25) is 9.69 Å². The number of aliphatic hydroxyl groups excluding tert-OH is 1. The van der Waals surface area contributed by atoms with E-state index < -0.39 is 6.10 Å². The number of nitrogens with zero attached hydrogens (tertiary/aromatic N) is 1. The number of carbonyl (C=O) groups is 1. The molecule has 1 aliphatic heterocycles. The first-order valence-electron chi connectivity index (χ1n) is 8.89. The number of Topliss-reactive ketones (excluding diaryl/α,β-unsaturated/α-hetero) is 1. The predicted octanol–water partition coefficient (Wildman–Crippen LogP) is 0.0813. The maximum absolute atomic E-state index is 11.6. The molecule has 26 heavy (non-hydrogen) atoms. The van der Waals surface area contributed by atoms with Crippen molar-refractivity contribution in [1.29, 1.82) is 0 Å². The van der Waals surface area contributed by atoms with Gasteiger partial charge in [0, 0.05) is 31.6 Å². The van der Waals surface area contributed by atoms with Crippen molar-refractivity contribution in [3.8, 4) is 5.75 Å². The lowest BCUT2D eigenvalue weighted by Gasteiger charge is -2.30. The highest BCUT2D eigenvalue weighted by Crippen LogP contribution is 2.19. The topological polar surface area (TPSA) is 49.8 Å². The second-order valence-electron chi connectivity index (χ2n) is 6.52. The minimum Gasteiger partial charge on any atom is -1.00 e. The molecule has 1 atom stereocenters. The molecule has 1 heterocycles. The van der Waals surface area contributed by atoms with Crippen molar-refractivity contribution in [1.82, 2.24) is 4.90 Å². The molecule has 0 aliphatic carbocycles. The van der Waals surface area contributed by atoms with Gasteiger partial charge in [-0.15, -0.1) is 0 Å². The molecule has 0 bridgehead atoms. The molecule has 140 valence electrons. The van der Waals surface area contributed by atoms with Crippen molar-refractivity contribution in [3.63, 3.8) is 0 Å². The Balaban J connectivity index is 0.00000243. The molecule has 1 N–H and O–H groups in total. The maximum atomic E-state index is 11.6. The van der Waals surface area contributed by atoms with Crippen molar-refractivity contribution in [2.24, 2.45) is 0 Å². The predicted molar refractivity (Wildman–Crippen MR) is 98.0 cm³/mol. The first-order chi connectivity index (χ1) is 12.2. The number of ether oxygens (including phenoxy) is 1. The summed E-state index contributed by atoms with van der Waals surface area (Å²) in [6.07, 6.45) is 0.983. The second-order valence-corrected chi connectivity index (χ2v) is 6.52. The zero-order valence-corrected chi connectivity index (χ0v) is 15.8. The van der Waals surface area contributed by atoms with Crippen LogP contribution in [-0.4, -0.2) is 41.6 Å². The van der Waals surface area contributed by atoms with Crippen LogP contribution in [0.25, 0.3) is 0 Å². The average molecular weight is 375 g/mol. The van der Waals surface area contributed by atoms with Crippen molar-refractivity contribution < 1.29 is 27.0 Å². The van der Waals surface area contributed by atoms with Gasteiger partial charge in [0.25, 0.3) is 0 Å². The number of β-amino-alcohol motifs (C(OH)–C–C–N with tert-alkyl or cyclic N) is 1. The summed E-state index contributed by atoms with van der Waals surface area (Å²) < 4.78 is 5.66. The van der Waals surface area contributed by atoms with Crippen LogP contribution in [0, 0.1) is 0 Å². The van der Waals surface area contributed by atoms with E-state index in [9.17, 15) is 9.90 Å². The van der Waals surface area contributed by atoms with Crippen LogP contribution in [-0.2, 0) is 13.0 Å². The van der Waals surface area contributed by atoms with E-state index in [2.05, 4.69) is 29.2 Å². The first kappa shape index (κ1) is 20.4. The summed E-state index contributed by atoms with van der Waals surface area (Å²) in [7, 11) is 0. The molecule has 3 rings (SSSR count). The number of hydrogen-bond acceptors (Lipinski definition) is 4. The number of carbonyl (C=O) groups excluding carboxylic acids is 1. The molecule has 0 aromatic heterocycles. The van der Waals surface area contributed by atoms with Crippen LogP contribution >= 0.6 is 0 Å². The van der Waals surface area contributed by atoms with E-state index in [4.69, 9.17) is 4.74 Å². The summed E-state index contributed by atoms with van der Waals surface area (Å²) in [6.45, 7) is 4.53. The van der Waals surface area contributed by atoms with Gasteiger partial charge >= 0.3 is 0 Å². The van der Waals surface area contributed by atoms with Gasteiger partial charge < -0.3 is 22.3 Å². The SMILES string of the molecule is CCC(=O)c1ccc(OCC(O)CN2CCc3ccccc3C2)cc1.[Cl-]. The lowest BCUT2D eigenvalue weighted by atomic mass is 10.00. The third kappa shape index (κ3) is 5.31. The van der Waals surface area contributed by atoms with Crippen LogP contribution in [0.3, 0.4) is 0 Å². The van der Waals surface area contributed by atoms with Gasteiger partial charge in [-0.25, -0.2) is 0 Å². The minimum absolute atomic E-state index is 0. The molecule has 2 aromatic rings. The molecular weight excluding hydrogens is 350 g/mol. The fraction of sp³-hybridized carbons (Fsp3) is 0.381. The summed E-state index contributed by atoms with van der Waals surface area (Å²) in [6, 6.07) is 15.6. The van der Waals surface area contributed by atoms with E-state index in [1.807, 2.05) is 6.92 Å². The molecule has 4 nitrogen and oxygen atoms in total. The molecule has 0 amide bonds. The molecule has 5 heteroatoms. The van der Waals surface area contributed by atoms with E-state index in [1.54, 1.807) is 24.3 Å². The Labute approximate surface area is 161 Å². The Bertz CT molecular complexity index is 717. The maximum Gasteiger partial charge on any atom is 0.162 e. The molecule has 0 spiro atoms. The minimum atomic E-state index is -0.540. The third-order valence-corrected chi connectivity index (χ3v) is 4.62. The molecule has 0 radical (unpaired) electrons. The Morgan fingerprint density at radius 3 is 2.54 bits per heavy atom.